The summed E-state index contributed by atoms with van der Waals surface area (Å²) >= 11 is 1.64. The third-order valence-corrected chi connectivity index (χ3v) is 6.40. The minimum absolute atomic E-state index is 0.0175. The van der Waals surface area contributed by atoms with Gasteiger partial charge in [0.15, 0.2) is 0 Å². The van der Waals surface area contributed by atoms with E-state index >= 15 is 0 Å². The van der Waals surface area contributed by atoms with Gasteiger partial charge in [0.05, 0.1) is 28.0 Å². The molecule has 0 aromatic carbocycles. The maximum atomic E-state index is 12.5. The van der Waals surface area contributed by atoms with E-state index < -0.39 is 0 Å². The molecule has 5 heterocycles. The molecular formula is C18H18N6O2S. The second-order valence-electron chi connectivity index (χ2n) is 6.94. The van der Waals surface area contributed by atoms with Crippen LogP contribution in [0.4, 0.5) is 0 Å². The number of nitrogens with one attached hydrogen (secondary N) is 1. The summed E-state index contributed by atoms with van der Waals surface area (Å²) in [5.41, 5.74) is 0.974. The highest BCUT2D eigenvalue weighted by atomic mass is 32.1. The van der Waals surface area contributed by atoms with E-state index in [2.05, 4.69) is 19.7 Å². The summed E-state index contributed by atoms with van der Waals surface area (Å²) < 4.78 is 2.10. The first-order chi connectivity index (χ1) is 13.1. The van der Waals surface area contributed by atoms with Gasteiger partial charge in [0.1, 0.15) is 11.9 Å². The molecule has 2 aliphatic heterocycles. The van der Waals surface area contributed by atoms with Gasteiger partial charge >= 0.3 is 0 Å². The molecule has 2 saturated heterocycles. The minimum atomic E-state index is -0.361. The van der Waals surface area contributed by atoms with Gasteiger partial charge in [0.2, 0.25) is 11.8 Å². The van der Waals surface area contributed by atoms with E-state index in [0.717, 1.165) is 21.3 Å². The lowest BCUT2D eigenvalue weighted by molar-refractivity contribution is -0.152. The average Bonchev–Trinajstić information content (AvgIpc) is 3.45. The summed E-state index contributed by atoms with van der Waals surface area (Å²) in [5.74, 6) is 0.907. The van der Waals surface area contributed by atoms with Crippen LogP contribution in [0.5, 0.6) is 0 Å². The molecule has 0 saturated carbocycles. The molecule has 2 aliphatic rings. The Balaban J connectivity index is 1.45. The summed E-state index contributed by atoms with van der Waals surface area (Å²) in [6, 6.07) is 5.72. The van der Waals surface area contributed by atoms with Crippen molar-refractivity contribution in [1.29, 1.82) is 0 Å². The average molecular weight is 382 g/mol. The number of imidazole rings is 1. The van der Waals surface area contributed by atoms with Crippen LogP contribution in [0.2, 0.25) is 0 Å². The molecule has 5 rings (SSSR count). The Hall–Kier alpha value is -2.94. The van der Waals surface area contributed by atoms with Crippen molar-refractivity contribution in [3.8, 4) is 21.3 Å². The van der Waals surface area contributed by atoms with Gasteiger partial charge in [-0.3, -0.25) is 14.7 Å². The van der Waals surface area contributed by atoms with Gasteiger partial charge in [-0.1, -0.05) is 0 Å². The molecule has 0 spiro atoms. The Bertz CT molecular complexity index is 1010. The van der Waals surface area contributed by atoms with Crippen LogP contribution in [0.25, 0.3) is 21.3 Å². The zero-order valence-corrected chi connectivity index (χ0v) is 15.5. The molecule has 27 heavy (non-hydrogen) atoms. The third-order valence-electron chi connectivity index (χ3n) is 5.29. The van der Waals surface area contributed by atoms with E-state index in [-0.39, 0.29) is 30.4 Å². The van der Waals surface area contributed by atoms with E-state index in [0.29, 0.717) is 13.0 Å². The Morgan fingerprint density at radius 2 is 2.04 bits per heavy atom. The molecule has 8 nitrogen and oxygen atoms in total. The van der Waals surface area contributed by atoms with Crippen LogP contribution < -0.4 is 0 Å². The first-order valence-corrected chi connectivity index (χ1v) is 9.60. The second kappa shape index (κ2) is 6.05. The van der Waals surface area contributed by atoms with Gasteiger partial charge in [-0.25, -0.2) is 4.98 Å². The normalized spacial score (nSPS) is 22.6. The predicted octanol–water partition coefficient (Wildman–Crippen LogP) is 1.62. The number of nitrogens with zero attached hydrogens (tertiary/aromatic N) is 5. The van der Waals surface area contributed by atoms with Gasteiger partial charge in [0, 0.05) is 32.2 Å². The number of thiophene rings is 1. The SMILES string of the molecule is CN1CC(=O)N2C[C@@H](n3ccnc3-c3ccc(-c4ccn[nH]4)s3)C[C@H]2C1=O. The van der Waals surface area contributed by atoms with E-state index in [4.69, 9.17) is 0 Å². The molecule has 0 unspecified atom stereocenters. The van der Waals surface area contributed by atoms with Crippen molar-refractivity contribution < 1.29 is 9.59 Å². The van der Waals surface area contributed by atoms with Crippen LogP contribution in [0.3, 0.4) is 0 Å². The fourth-order valence-corrected chi connectivity index (χ4v) is 4.93. The summed E-state index contributed by atoms with van der Waals surface area (Å²) in [4.78, 5) is 34.7. The Morgan fingerprint density at radius 1 is 1.19 bits per heavy atom. The highest BCUT2D eigenvalue weighted by Crippen LogP contribution is 2.37. The predicted molar refractivity (Wildman–Crippen MR) is 99.9 cm³/mol. The summed E-state index contributed by atoms with van der Waals surface area (Å²) in [5, 5.41) is 6.98. The molecule has 3 aromatic rings. The van der Waals surface area contributed by atoms with Gasteiger partial charge < -0.3 is 14.4 Å². The number of aromatic nitrogens is 4. The van der Waals surface area contributed by atoms with Crippen LogP contribution in [-0.4, -0.2) is 67.5 Å². The van der Waals surface area contributed by atoms with Gasteiger partial charge in [-0.2, -0.15) is 5.10 Å². The van der Waals surface area contributed by atoms with Crippen molar-refractivity contribution in [2.75, 3.05) is 20.1 Å². The molecule has 1 N–H and O–H groups in total. The number of likely N-dealkylation sites (N-methyl/N-ethyl adjacent to an activating group) is 1. The molecular weight excluding hydrogens is 364 g/mol. The van der Waals surface area contributed by atoms with Gasteiger partial charge in [-0.15, -0.1) is 11.3 Å². The number of aromatic amines is 1. The van der Waals surface area contributed by atoms with Crippen molar-refractivity contribution >= 4 is 23.2 Å². The standard InChI is InChI=1S/C18H18N6O2S/c1-22-10-16(25)24-9-11(8-13(24)18(22)26)23-7-6-19-17(23)15-3-2-14(27-15)12-4-5-20-21-12/h2-7,11,13H,8-10H2,1H3,(H,20,21)/t11-,13-/m0/s1. The highest BCUT2D eigenvalue weighted by molar-refractivity contribution is 7.18. The van der Waals surface area contributed by atoms with Gasteiger partial charge in [-0.05, 0) is 24.6 Å². The molecule has 9 heteroatoms. The molecule has 138 valence electrons. The summed E-state index contributed by atoms with van der Waals surface area (Å²) in [6.45, 7) is 0.711. The maximum absolute atomic E-state index is 12.5. The molecule has 2 amide bonds. The van der Waals surface area contributed by atoms with Crippen LogP contribution in [0, 0.1) is 0 Å². The Labute approximate surface area is 159 Å². The fourth-order valence-electron chi connectivity index (χ4n) is 3.95. The topological polar surface area (TPSA) is 87.1 Å². The van der Waals surface area contributed by atoms with Crippen molar-refractivity contribution in [1.82, 2.24) is 29.5 Å². The number of hydrogen-bond acceptors (Lipinski definition) is 5. The van der Waals surface area contributed by atoms with Crippen molar-refractivity contribution in [3.63, 3.8) is 0 Å². The third kappa shape index (κ3) is 2.57. The summed E-state index contributed by atoms with van der Waals surface area (Å²) in [7, 11) is 1.69. The smallest absolute Gasteiger partial charge is 0.245 e. The molecule has 2 atom stereocenters. The van der Waals surface area contributed by atoms with Crippen molar-refractivity contribution in [2.45, 2.75) is 18.5 Å². The van der Waals surface area contributed by atoms with E-state index in [1.807, 2.05) is 24.4 Å². The Morgan fingerprint density at radius 3 is 2.85 bits per heavy atom. The number of hydrogen-bond donors (Lipinski definition) is 1. The number of amides is 2. The maximum Gasteiger partial charge on any atom is 0.245 e. The fraction of sp³-hybridized carbons (Fsp3) is 0.333. The monoisotopic (exact) mass is 382 g/mol. The summed E-state index contributed by atoms with van der Waals surface area (Å²) in [6.07, 6.45) is 6.07. The lowest BCUT2D eigenvalue weighted by atomic mass is 10.1. The zero-order valence-electron chi connectivity index (χ0n) is 14.7. The number of rotatable bonds is 3. The van der Waals surface area contributed by atoms with Crippen LogP contribution >= 0.6 is 11.3 Å². The lowest BCUT2D eigenvalue weighted by Gasteiger charge is -2.33. The number of carbonyl (C=O) groups is 2. The molecule has 0 radical (unpaired) electrons. The highest BCUT2D eigenvalue weighted by Gasteiger charge is 2.45. The van der Waals surface area contributed by atoms with Crippen LogP contribution in [0.1, 0.15) is 12.5 Å². The molecule has 3 aromatic heterocycles. The van der Waals surface area contributed by atoms with Crippen LogP contribution in [0.15, 0.2) is 36.8 Å². The largest absolute Gasteiger partial charge is 0.335 e. The second-order valence-corrected chi connectivity index (χ2v) is 8.02. The first-order valence-electron chi connectivity index (χ1n) is 8.79. The Kier molecular flexibility index (Phi) is 3.64. The molecule has 0 bridgehead atoms. The number of fused-ring (bicyclic) bond motifs is 1. The van der Waals surface area contributed by atoms with Crippen molar-refractivity contribution in [3.05, 3.63) is 36.8 Å². The minimum Gasteiger partial charge on any atom is -0.335 e. The quantitative estimate of drug-likeness (QED) is 0.746. The van der Waals surface area contributed by atoms with Gasteiger partial charge in [0.25, 0.3) is 0 Å². The van der Waals surface area contributed by atoms with Crippen LogP contribution in [-0.2, 0) is 9.59 Å². The molecule has 0 aliphatic carbocycles. The van der Waals surface area contributed by atoms with E-state index in [1.165, 1.54) is 4.90 Å². The molecule has 2 fully saturated rings. The lowest BCUT2D eigenvalue weighted by Crippen LogP contribution is -2.55. The number of carbonyl (C=O) groups excluding carboxylic acids is 2. The number of H-pyrrole nitrogens is 1. The van der Waals surface area contributed by atoms with E-state index in [1.54, 1.807) is 35.7 Å². The first kappa shape index (κ1) is 16.2. The number of piperazine rings is 1. The van der Waals surface area contributed by atoms with E-state index in [9.17, 15) is 9.59 Å². The van der Waals surface area contributed by atoms with Crippen molar-refractivity contribution in [2.24, 2.45) is 0 Å². The zero-order chi connectivity index (χ0) is 18.5.